The van der Waals surface area contributed by atoms with E-state index in [9.17, 15) is 9.18 Å². The minimum Gasteiger partial charge on any atom is -0.289 e. The molecular weight excluding hydrogens is 251 g/mol. The lowest BCUT2D eigenvalue weighted by Gasteiger charge is -2.07. The maximum atomic E-state index is 13.1. The summed E-state index contributed by atoms with van der Waals surface area (Å²) in [6.07, 6.45) is 0. The van der Waals surface area contributed by atoms with Crippen LogP contribution in [0.3, 0.4) is 0 Å². The second-order valence-electron chi connectivity index (χ2n) is 4.26. The third-order valence-corrected chi connectivity index (χ3v) is 3.23. The molecule has 0 spiro atoms. The van der Waals surface area contributed by atoms with Crippen LogP contribution in [-0.4, -0.2) is 5.78 Å². The van der Waals surface area contributed by atoms with Crippen molar-refractivity contribution in [3.05, 3.63) is 69.5 Å². The average Bonchev–Trinajstić information content (AvgIpc) is 2.33. The van der Waals surface area contributed by atoms with E-state index in [1.54, 1.807) is 18.2 Å². The van der Waals surface area contributed by atoms with Crippen molar-refractivity contribution in [3.8, 4) is 0 Å². The summed E-state index contributed by atoms with van der Waals surface area (Å²) in [5.74, 6) is -0.691. The van der Waals surface area contributed by atoms with E-state index in [1.165, 1.54) is 18.2 Å². The molecular formula is C15H12ClFO. The van der Waals surface area contributed by atoms with Gasteiger partial charge >= 0.3 is 0 Å². The van der Waals surface area contributed by atoms with Gasteiger partial charge < -0.3 is 0 Å². The molecule has 2 aromatic rings. The minimum absolute atomic E-state index is 0.261. The predicted octanol–water partition coefficient (Wildman–Crippen LogP) is 4.33. The molecule has 0 aromatic heterocycles. The summed E-state index contributed by atoms with van der Waals surface area (Å²) in [5.41, 5.74) is 2.72. The first kappa shape index (κ1) is 12.8. The van der Waals surface area contributed by atoms with Crippen LogP contribution in [0.5, 0.6) is 0 Å². The first-order valence-electron chi connectivity index (χ1n) is 5.56. The Hall–Kier alpha value is -1.67. The Morgan fingerprint density at radius 1 is 1.11 bits per heavy atom. The Kier molecular flexibility index (Phi) is 3.48. The Labute approximate surface area is 110 Å². The number of hydrogen-bond acceptors (Lipinski definition) is 1. The molecule has 18 heavy (non-hydrogen) atoms. The SMILES string of the molecule is Cc1cc(Cl)c(C(=O)c2cccc(F)c2)cc1C. The van der Waals surface area contributed by atoms with Crippen molar-refractivity contribution >= 4 is 17.4 Å². The fraction of sp³-hybridized carbons (Fsp3) is 0.133. The number of ketones is 1. The number of aryl methyl sites for hydroxylation is 2. The van der Waals surface area contributed by atoms with Gasteiger partial charge in [0.05, 0.1) is 5.02 Å². The Balaban J connectivity index is 2.49. The molecule has 0 aliphatic heterocycles. The summed E-state index contributed by atoms with van der Waals surface area (Å²) >= 11 is 6.07. The van der Waals surface area contributed by atoms with Gasteiger partial charge in [-0.25, -0.2) is 4.39 Å². The Morgan fingerprint density at radius 2 is 1.78 bits per heavy atom. The van der Waals surface area contributed by atoms with Crippen LogP contribution in [0.4, 0.5) is 4.39 Å². The second-order valence-corrected chi connectivity index (χ2v) is 4.66. The molecule has 0 saturated heterocycles. The zero-order chi connectivity index (χ0) is 13.3. The molecule has 0 radical (unpaired) electrons. The number of hydrogen-bond donors (Lipinski definition) is 0. The van der Waals surface area contributed by atoms with Crippen LogP contribution >= 0.6 is 11.6 Å². The van der Waals surface area contributed by atoms with E-state index in [4.69, 9.17) is 11.6 Å². The van der Waals surface area contributed by atoms with Crippen LogP contribution < -0.4 is 0 Å². The molecule has 1 nitrogen and oxygen atoms in total. The molecule has 2 rings (SSSR count). The molecule has 0 heterocycles. The van der Waals surface area contributed by atoms with E-state index in [0.717, 1.165) is 11.1 Å². The molecule has 0 aliphatic rings. The van der Waals surface area contributed by atoms with Gasteiger partial charge in [0, 0.05) is 11.1 Å². The Bertz CT molecular complexity index is 620. The summed E-state index contributed by atoms with van der Waals surface area (Å²) in [7, 11) is 0. The van der Waals surface area contributed by atoms with Gasteiger partial charge in [-0.05, 0) is 49.2 Å². The number of benzene rings is 2. The van der Waals surface area contributed by atoms with Crippen molar-refractivity contribution in [2.24, 2.45) is 0 Å². The van der Waals surface area contributed by atoms with Crippen molar-refractivity contribution in [1.82, 2.24) is 0 Å². The number of halogens is 2. The molecule has 92 valence electrons. The topological polar surface area (TPSA) is 17.1 Å². The first-order chi connectivity index (χ1) is 8.49. The van der Waals surface area contributed by atoms with Gasteiger partial charge in [-0.15, -0.1) is 0 Å². The smallest absolute Gasteiger partial charge is 0.194 e. The monoisotopic (exact) mass is 262 g/mol. The summed E-state index contributed by atoms with van der Waals surface area (Å²) in [6, 6.07) is 9.11. The number of rotatable bonds is 2. The lowest BCUT2D eigenvalue weighted by molar-refractivity contribution is 0.103. The van der Waals surface area contributed by atoms with Crippen LogP contribution in [0.2, 0.25) is 5.02 Å². The summed E-state index contributed by atoms with van der Waals surface area (Å²) in [6.45, 7) is 3.84. The van der Waals surface area contributed by atoms with E-state index in [2.05, 4.69) is 0 Å². The predicted molar refractivity (Wildman–Crippen MR) is 70.8 cm³/mol. The molecule has 0 aliphatic carbocycles. The molecule has 0 N–H and O–H groups in total. The molecule has 0 saturated carbocycles. The van der Waals surface area contributed by atoms with Crippen molar-refractivity contribution < 1.29 is 9.18 Å². The fourth-order valence-corrected chi connectivity index (χ4v) is 2.04. The van der Waals surface area contributed by atoms with E-state index in [1.807, 2.05) is 13.8 Å². The molecule has 3 heteroatoms. The van der Waals surface area contributed by atoms with Crippen LogP contribution in [0.25, 0.3) is 0 Å². The van der Waals surface area contributed by atoms with E-state index in [-0.39, 0.29) is 5.78 Å². The van der Waals surface area contributed by atoms with Gasteiger partial charge in [0.25, 0.3) is 0 Å². The van der Waals surface area contributed by atoms with Crippen molar-refractivity contribution in [1.29, 1.82) is 0 Å². The normalized spacial score (nSPS) is 10.4. The minimum atomic E-state index is -0.430. The van der Waals surface area contributed by atoms with Crippen molar-refractivity contribution in [2.45, 2.75) is 13.8 Å². The molecule has 2 aromatic carbocycles. The van der Waals surface area contributed by atoms with Crippen molar-refractivity contribution in [3.63, 3.8) is 0 Å². The van der Waals surface area contributed by atoms with Crippen LogP contribution in [-0.2, 0) is 0 Å². The van der Waals surface area contributed by atoms with Crippen LogP contribution in [0, 0.1) is 19.7 Å². The quantitative estimate of drug-likeness (QED) is 0.737. The molecule has 0 fully saturated rings. The lowest BCUT2D eigenvalue weighted by atomic mass is 9.99. The summed E-state index contributed by atoms with van der Waals surface area (Å²) in [5, 5.41) is 0.396. The molecule has 0 bridgehead atoms. The van der Waals surface area contributed by atoms with Gasteiger partial charge in [-0.2, -0.15) is 0 Å². The van der Waals surface area contributed by atoms with Crippen LogP contribution in [0.1, 0.15) is 27.0 Å². The lowest BCUT2D eigenvalue weighted by Crippen LogP contribution is -2.03. The highest BCUT2D eigenvalue weighted by atomic mass is 35.5. The third kappa shape index (κ3) is 2.44. The highest BCUT2D eigenvalue weighted by Crippen LogP contribution is 2.23. The summed E-state index contributed by atoms with van der Waals surface area (Å²) in [4.78, 5) is 12.2. The first-order valence-corrected chi connectivity index (χ1v) is 5.94. The van der Waals surface area contributed by atoms with Gasteiger partial charge in [0.1, 0.15) is 5.82 Å². The van der Waals surface area contributed by atoms with Gasteiger partial charge in [0.15, 0.2) is 5.78 Å². The number of carbonyl (C=O) groups is 1. The highest BCUT2D eigenvalue weighted by molar-refractivity contribution is 6.35. The zero-order valence-electron chi connectivity index (χ0n) is 10.1. The van der Waals surface area contributed by atoms with Gasteiger partial charge in [-0.1, -0.05) is 23.7 Å². The largest absolute Gasteiger partial charge is 0.289 e. The Morgan fingerprint density at radius 3 is 2.44 bits per heavy atom. The van der Waals surface area contributed by atoms with Gasteiger partial charge in [-0.3, -0.25) is 4.79 Å². The van der Waals surface area contributed by atoms with E-state index in [0.29, 0.717) is 16.1 Å². The molecule has 0 atom stereocenters. The second kappa shape index (κ2) is 4.91. The van der Waals surface area contributed by atoms with E-state index < -0.39 is 5.82 Å². The zero-order valence-corrected chi connectivity index (χ0v) is 10.9. The van der Waals surface area contributed by atoms with Crippen molar-refractivity contribution in [2.75, 3.05) is 0 Å². The maximum Gasteiger partial charge on any atom is 0.194 e. The fourth-order valence-electron chi connectivity index (χ4n) is 1.74. The summed E-state index contributed by atoms with van der Waals surface area (Å²) < 4.78 is 13.1. The van der Waals surface area contributed by atoms with E-state index >= 15 is 0 Å². The standard InChI is InChI=1S/C15H12ClFO/c1-9-6-13(14(16)7-10(9)2)15(18)11-4-3-5-12(17)8-11/h3-8H,1-2H3. The number of carbonyl (C=O) groups excluding carboxylic acids is 1. The molecule has 0 amide bonds. The van der Waals surface area contributed by atoms with Crippen LogP contribution in [0.15, 0.2) is 36.4 Å². The molecule has 0 unspecified atom stereocenters. The van der Waals surface area contributed by atoms with Gasteiger partial charge in [0.2, 0.25) is 0 Å². The highest BCUT2D eigenvalue weighted by Gasteiger charge is 2.14. The maximum absolute atomic E-state index is 13.1. The average molecular weight is 263 g/mol. The third-order valence-electron chi connectivity index (χ3n) is 2.91.